The fourth-order valence-electron chi connectivity index (χ4n) is 2.41. The number of nitrogens with one attached hydrogen (secondary N) is 1. The Bertz CT molecular complexity index is 634. The lowest BCUT2D eigenvalue weighted by atomic mass is 9.72. The lowest BCUT2D eigenvalue weighted by molar-refractivity contribution is -0.129. The van der Waals surface area contributed by atoms with Gasteiger partial charge in [-0.3, -0.25) is 4.79 Å². The van der Waals surface area contributed by atoms with Gasteiger partial charge in [0.15, 0.2) is 0 Å². The average molecular weight is 253 g/mol. The molecule has 1 aromatic rings. The van der Waals surface area contributed by atoms with E-state index in [4.69, 9.17) is 11.7 Å². The van der Waals surface area contributed by atoms with Gasteiger partial charge in [0.1, 0.15) is 11.8 Å². The molecule has 0 aliphatic carbocycles. The summed E-state index contributed by atoms with van der Waals surface area (Å²) >= 11 is 0. The lowest BCUT2D eigenvalue weighted by Gasteiger charge is -2.41. The molecule has 19 heavy (non-hydrogen) atoms. The van der Waals surface area contributed by atoms with Crippen LogP contribution in [0.15, 0.2) is 12.1 Å². The van der Waals surface area contributed by atoms with Crippen molar-refractivity contribution in [3.63, 3.8) is 0 Å². The standard InChI is InChI=1S/C15H15N3O/c1-5-8-15(4)12-11(7-6-10(9-16)17-12)14(2,3)18-13(15)19/h1,6-7H,8H2,2-4H3,(H,18,19). The topological polar surface area (TPSA) is 65.8 Å². The number of pyridine rings is 1. The number of fused-ring (bicyclic) bond motifs is 1. The average Bonchev–Trinajstić information content (AvgIpc) is 2.36. The molecule has 96 valence electrons. The van der Waals surface area contributed by atoms with Crippen LogP contribution in [-0.2, 0) is 15.7 Å². The first-order valence-electron chi connectivity index (χ1n) is 6.03. The number of rotatable bonds is 1. The molecule has 0 radical (unpaired) electrons. The van der Waals surface area contributed by atoms with Crippen LogP contribution < -0.4 is 5.32 Å². The fourth-order valence-corrected chi connectivity index (χ4v) is 2.41. The third kappa shape index (κ3) is 1.86. The maximum atomic E-state index is 12.4. The molecule has 1 atom stereocenters. The smallest absolute Gasteiger partial charge is 0.233 e. The molecule has 1 aliphatic rings. The van der Waals surface area contributed by atoms with Crippen LogP contribution in [0.3, 0.4) is 0 Å². The van der Waals surface area contributed by atoms with Gasteiger partial charge < -0.3 is 5.32 Å². The van der Waals surface area contributed by atoms with Gasteiger partial charge in [0, 0.05) is 6.42 Å². The Kier molecular flexibility index (Phi) is 2.83. The van der Waals surface area contributed by atoms with Gasteiger partial charge in [0.25, 0.3) is 0 Å². The Morgan fingerprint density at radius 1 is 1.42 bits per heavy atom. The third-order valence-electron chi connectivity index (χ3n) is 3.59. The maximum absolute atomic E-state index is 12.4. The van der Waals surface area contributed by atoms with Gasteiger partial charge >= 0.3 is 0 Å². The van der Waals surface area contributed by atoms with Crippen molar-refractivity contribution in [1.82, 2.24) is 10.3 Å². The van der Waals surface area contributed by atoms with E-state index in [0.717, 1.165) is 5.56 Å². The number of carbonyl (C=O) groups is 1. The predicted molar refractivity (Wildman–Crippen MR) is 70.9 cm³/mol. The third-order valence-corrected chi connectivity index (χ3v) is 3.59. The molecule has 0 bridgehead atoms. The summed E-state index contributed by atoms with van der Waals surface area (Å²) in [4.78, 5) is 16.7. The normalized spacial score (nSPS) is 23.7. The van der Waals surface area contributed by atoms with Crippen molar-refractivity contribution in [2.24, 2.45) is 0 Å². The monoisotopic (exact) mass is 253 g/mol. The number of nitriles is 1. The highest BCUT2D eigenvalue weighted by Crippen LogP contribution is 2.39. The quantitative estimate of drug-likeness (QED) is 0.773. The molecule has 1 N–H and O–H groups in total. The van der Waals surface area contributed by atoms with E-state index in [-0.39, 0.29) is 12.3 Å². The number of hydrogen-bond acceptors (Lipinski definition) is 3. The molecule has 0 aromatic carbocycles. The molecule has 2 rings (SSSR count). The first kappa shape index (κ1) is 13.1. The summed E-state index contributed by atoms with van der Waals surface area (Å²) in [5.74, 6) is 2.38. The molecule has 1 amide bonds. The zero-order valence-electron chi connectivity index (χ0n) is 11.2. The van der Waals surface area contributed by atoms with Gasteiger partial charge in [-0.2, -0.15) is 5.26 Å². The van der Waals surface area contributed by atoms with Gasteiger partial charge in [-0.15, -0.1) is 12.3 Å². The SMILES string of the molecule is C#CCC1(C)C(=O)NC(C)(C)c2ccc(C#N)nc21. The van der Waals surface area contributed by atoms with E-state index < -0.39 is 11.0 Å². The lowest BCUT2D eigenvalue weighted by Crippen LogP contribution is -2.56. The highest BCUT2D eigenvalue weighted by Gasteiger charge is 2.47. The van der Waals surface area contributed by atoms with Crippen LogP contribution in [0, 0.1) is 23.7 Å². The van der Waals surface area contributed by atoms with Gasteiger partial charge in [-0.1, -0.05) is 6.07 Å². The zero-order valence-corrected chi connectivity index (χ0v) is 11.2. The van der Waals surface area contributed by atoms with Crippen molar-refractivity contribution in [2.45, 2.75) is 38.1 Å². The summed E-state index contributed by atoms with van der Waals surface area (Å²) in [5, 5.41) is 11.9. The molecule has 1 aliphatic heterocycles. The summed E-state index contributed by atoms with van der Waals surface area (Å²) in [7, 11) is 0. The second-order valence-electron chi connectivity index (χ2n) is 5.50. The van der Waals surface area contributed by atoms with Crippen molar-refractivity contribution in [1.29, 1.82) is 5.26 Å². The fraction of sp³-hybridized carbons (Fsp3) is 0.400. The summed E-state index contributed by atoms with van der Waals surface area (Å²) in [6.07, 6.45) is 5.63. The van der Waals surface area contributed by atoms with E-state index in [1.165, 1.54) is 0 Å². The summed E-state index contributed by atoms with van der Waals surface area (Å²) in [6, 6.07) is 5.51. The van der Waals surface area contributed by atoms with Crippen LogP contribution >= 0.6 is 0 Å². The Balaban J connectivity index is 2.75. The Morgan fingerprint density at radius 2 is 2.11 bits per heavy atom. The largest absolute Gasteiger partial charge is 0.346 e. The molecule has 0 saturated carbocycles. The minimum atomic E-state index is -0.882. The molecular weight excluding hydrogens is 238 g/mol. The Morgan fingerprint density at radius 3 is 2.68 bits per heavy atom. The number of terminal acetylenes is 1. The number of hydrogen-bond donors (Lipinski definition) is 1. The number of carbonyl (C=O) groups excluding carboxylic acids is 1. The Hall–Kier alpha value is -2.33. The molecular formula is C15H15N3O. The molecule has 0 saturated heterocycles. The highest BCUT2D eigenvalue weighted by molar-refractivity contribution is 5.90. The molecule has 0 spiro atoms. The van der Waals surface area contributed by atoms with Gasteiger partial charge in [-0.25, -0.2) is 4.98 Å². The molecule has 1 unspecified atom stereocenters. The first-order chi connectivity index (χ1) is 8.85. The van der Waals surface area contributed by atoms with Gasteiger partial charge in [-0.05, 0) is 32.4 Å². The van der Waals surface area contributed by atoms with Crippen LogP contribution in [0.4, 0.5) is 0 Å². The molecule has 2 heterocycles. The van der Waals surface area contributed by atoms with Crippen molar-refractivity contribution in [3.8, 4) is 18.4 Å². The molecule has 4 heteroatoms. The molecule has 4 nitrogen and oxygen atoms in total. The van der Waals surface area contributed by atoms with Crippen molar-refractivity contribution < 1.29 is 4.79 Å². The second-order valence-corrected chi connectivity index (χ2v) is 5.50. The van der Waals surface area contributed by atoms with E-state index in [9.17, 15) is 4.79 Å². The van der Waals surface area contributed by atoms with Crippen LogP contribution in [0.5, 0.6) is 0 Å². The number of nitrogens with zero attached hydrogens (tertiary/aromatic N) is 2. The van der Waals surface area contributed by atoms with Gasteiger partial charge in [0.05, 0.1) is 16.6 Å². The van der Waals surface area contributed by atoms with Crippen LogP contribution in [0.2, 0.25) is 0 Å². The summed E-state index contributed by atoms with van der Waals surface area (Å²) < 4.78 is 0. The Labute approximate surface area is 112 Å². The first-order valence-corrected chi connectivity index (χ1v) is 6.03. The van der Waals surface area contributed by atoms with E-state index in [2.05, 4.69) is 16.2 Å². The number of aromatic nitrogens is 1. The van der Waals surface area contributed by atoms with Gasteiger partial charge in [0.2, 0.25) is 5.91 Å². The predicted octanol–water partition coefficient (Wildman–Crippen LogP) is 1.60. The van der Waals surface area contributed by atoms with E-state index in [0.29, 0.717) is 11.4 Å². The molecule has 0 fully saturated rings. The van der Waals surface area contributed by atoms with Crippen LogP contribution in [-0.4, -0.2) is 10.9 Å². The van der Waals surface area contributed by atoms with E-state index in [1.807, 2.05) is 26.0 Å². The van der Waals surface area contributed by atoms with Crippen molar-refractivity contribution in [3.05, 3.63) is 29.1 Å². The summed E-state index contributed by atoms with van der Waals surface area (Å²) in [5.41, 5.74) is 0.420. The second kappa shape index (κ2) is 4.10. The van der Waals surface area contributed by atoms with Crippen LogP contribution in [0.25, 0.3) is 0 Å². The highest BCUT2D eigenvalue weighted by atomic mass is 16.2. The van der Waals surface area contributed by atoms with E-state index >= 15 is 0 Å². The van der Waals surface area contributed by atoms with Crippen molar-refractivity contribution in [2.75, 3.05) is 0 Å². The zero-order chi connectivity index (χ0) is 14.3. The molecule has 1 aromatic heterocycles. The van der Waals surface area contributed by atoms with Crippen molar-refractivity contribution >= 4 is 5.91 Å². The van der Waals surface area contributed by atoms with E-state index in [1.54, 1.807) is 13.0 Å². The minimum absolute atomic E-state index is 0.148. The van der Waals surface area contributed by atoms with Crippen LogP contribution in [0.1, 0.15) is 44.1 Å². The maximum Gasteiger partial charge on any atom is 0.233 e. The summed E-state index contributed by atoms with van der Waals surface area (Å²) in [6.45, 7) is 5.59. The number of amides is 1. The minimum Gasteiger partial charge on any atom is -0.346 e.